The SMILES string of the molecule is Cc1c(S(=O)(=O)NC(c2ccc(C#N)c(F)c2)P(=O)(O)O)sc2cc(OCCCNC(=N)N)c(OCCCNC(=N)N)cc12.O=C(O)C(F)(F)F. The highest BCUT2D eigenvalue weighted by atomic mass is 32.2. The number of sulfonamides is 1. The number of hydrogen-bond donors (Lipinski definition) is 10. The number of aryl methyl sites for hydroxylation is 1. The molecule has 24 heteroatoms. The number of fused-ring (bicyclic) bond motifs is 1. The van der Waals surface area contributed by atoms with Crippen molar-refractivity contribution in [2.45, 2.75) is 35.9 Å². The lowest BCUT2D eigenvalue weighted by molar-refractivity contribution is -0.192. The summed E-state index contributed by atoms with van der Waals surface area (Å²) in [6.07, 6.45) is -4.13. The van der Waals surface area contributed by atoms with Gasteiger partial charge in [0.05, 0.1) is 18.8 Å². The van der Waals surface area contributed by atoms with Gasteiger partial charge in [-0.2, -0.15) is 23.2 Å². The van der Waals surface area contributed by atoms with Crippen LogP contribution in [0.2, 0.25) is 0 Å². The van der Waals surface area contributed by atoms with Gasteiger partial charge < -0.3 is 46.5 Å². The fourth-order valence-corrected chi connectivity index (χ4v) is 8.33. The van der Waals surface area contributed by atoms with Crippen molar-refractivity contribution in [3.63, 3.8) is 0 Å². The van der Waals surface area contributed by atoms with E-state index in [4.69, 9.17) is 46.9 Å². The number of thiophene rings is 1. The van der Waals surface area contributed by atoms with Crippen LogP contribution >= 0.6 is 18.9 Å². The number of nitrogens with one attached hydrogen (secondary N) is 5. The average molecular weight is 785 g/mol. The van der Waals surface area contributed by atoms with Crippen LogP contribution in [-0.2, 0) is 19.4 Å². The molecule has 0 radical (unpaired) electrons. The van der Waals surface area contributed by atoms with Crippen molar-refractivity contribution in [1.82, 2.24) is 15.4 Å². The van der Waals surface area contributed by atoms with E-state index in [1.807, 2.05) is 4.72 Å². The molecule has 0 amide bonds. The summed E-state index contributed by atoms with van der Waals surface area (Å²) in [6.45, 7) is 2.68. The van der Waals surface area contributed by atoms with Gasteiger partial charge in [-0.3, -0.25) is 15.4 Å². The Balaban J connectivity index is 0.00000116. The first-order valence-corrected chi connectivity index (χ1v) is 18.1. The van der Waals surface area contributed by atoms with Crippen molar-refractivity contribution >= 4 is 56.9 Å². The summed E-state index contributed by atoms with van der Waals surface area (Å²) in [5, 5.41) is 36.4. The topological polar surface area (TPSA) is 307 Å². The van der Waals surface area contributed by atoms with E-state index in [9.17, 15) is 40.3 Å². The van der Waals surface area contributed by atoms with Crippen LogP contribution in [-0.4, -0.2) is 73.7 Å². The van der Waals surface area contributed by atoms with E-state index < -0.39 is 41.4 Å². The molecule has 1 aromatic heterocycles. The summed E-state index contributed by atoms with van der Waals surface area (Å²) in [6, 6.07) is 7.55. The van der Waals surface area contributed by atoms with Crippen LogP contribution in [0.15, 0.2) is 34.5 Å². The zero-order valence-electron chi connectivity index (χ0n) is 26.4. The number of rotatable bonds is 15. The second-order valence-electron chi connectivity index (χ2n) is 10.2. The summed E-state index contributed by atoms with van der Waals surface area (Å²) < 4.78 is 99.4. The maximum absolute atomic E-state index is 14.3. The number of aliphatic carboxylic acids is 1. The molecule has 1 heterocycles. The standard InChI is InChI=1S/C25H32FN8O7PS2.C2HF3O2/c1-14-17-11-19(40-8-2-6-32-24(28)29)20(41-9-3-7-33-25(30)31)12-21(17)43-23(14)44(38,39)34-22(42(35,36)37)15-4-5-16(13-27)18(26)10-15;3-2(4,5)1(6)7/h4-5,10-12,22,34H,2-3,6-9H2,1H3,(H4,28,29,32)(H4,30,31,33)(H2,35,36,37);(H,6,7). The number of nitrogens with zero attached hydrogens (tertiary/aromatic N) is 1. The molecule has 0 saturated heterocycles. The Hall–Kier alpha value is -4.72. The van der Waals surface area contributed by atoms with Gasteiger partial charge in [-0.25, -0.2) is 17.6 Å². The Kier molecular flexibility index (Phi) is 15.0. The van der Waals surface area contributed by atoms with Crippen LogP contribution in [0.3, 0.4) is 0 Å². The monoisotopic (exact) mass is 784 g/mol. The maximum atomic E-state index is 14.3. The molecule has 0 spiro atoms. The largest absolute Gasteiger partial charge is 0.490 e. The highest BCUT2D eigenvalue weighted by molar-refractivity contribution is 7.92. The number of hydrogen-bond acceptors (Lipinski definition) is 10. The summed E-state index contributed by atoms with van der Waals surface area (Å²) in [4.78, 5) is 28.8. The Morgan fingerprint density at radius 3 is 2.00 bits per heavy atom. The van der Waals surface area contributed by atoms with Crippen molar-refractivity contribution in [2.75, 3.05) is 26.3 Å². The molecule has 1 unspecified atom stereocenters. The van der Waals surface area contributed by atoms with Gasteiger partial charge in [0.25, 0.3) is 10.0 Å². The predicted molar refractivity (Wildman–Crippen MR) is 177 cm³/mol. The molecule has 0 bridgehead atoms. The van der Waals surface area contributed by atoms with Crippen LogP contribution < -0.4 is 36.3 Å². The molecule has 0 fully saturated rings. The number of nitriles is 1. The molecule has 3 aromatic rings. The van der Waals surface area contributed by atoms with E-state index in [2.05, 4.69) is 10.6 Å². The van der Waals surface area contributed by atoms with Gasteiger partial charge in [0, 0.05) is 29.2 Å². The highest BCUT2D eigenvalue weighted by Gasteiger charge is 2.38. The minimum atomic E-state index is -5.20. The third-order valence-electron chi connectivity index (χ3n) is 6.27. The van der Waals surface area contributed by atoms with Gasteiger partial charge in [0.1, 0.15) is 21.9 Å². The van der Waals surface area contributed by atoms with Gasteiger partial charge in [-0.05, 0) is 49.1 Å². The summed E-state index contributed by atoms with van der Waals surface area (Å²) in [5.74, 6) is -5.70. The first kappa shape index (κ1) is 42.4. The van der Waals surface area contributed by atoms with E-state index in [-0.39, 0.29) is 46.0 Å². The number of carboxylic acids is 1. The van der Waals surface area contributed by atoms with Crippen molar-refractivity contribution in [3.05, 3.63) is 52.8 Å². The van der Waals surface area contributed by atoms with E-state index in [1.165, 1.54) is 6.92 Å². The van der Waals surface area contributed by atoms with Crippen LogP contribution in [0.4, 0.5) is 17.6 Å². The van der Waals surface area contributed by atoms with E-state index in [1.54, 1.807) is 18.2 Å². The number of carboxylic acid groups (broad SMARTS) is 1. The van der Waals surface area contributed by atoms with Gasteiger partial charge in [0.2, 0.25) is 0 Å². The molecule has 12 N–H and O–H groups in total. The third-order valence-corrected chi connectivity index (χ3v) is 10.8. The molecule has 0 aliphatic carbocycles. The van der Waals surface area contributed by atoms with Crippen LogP contribution in [0.5, 0.6) is 11.5 Å². The van der Waals surface area contributed by atoms with E-state index in [0.29, 0.717) is 53.6 Å². The lowest BCUT2D eigenvalue weighted by Gasteiger charge is -2.20. The van der Waals surface area contributed by atoms with Crippen LogP contribution in [0.25, 0.3) is 10.1 Å². The molecule has 51 heavy (non-hydrogen) atoms. The molecule has 1 atom stereocenters. The number of halogens is 4. The number of guanidine groups is 2. The minimum Gasteiger partial charge on any atom is -0.490 e. The zero-order valence-corrected chi connectivity index (χ0v) is 28.9. The second kappa shape index (κ2) is 18.0. The van der Waals surface area contributed by atoms with Crippen molar-refractivity contribution in [2.24, 2.45) is 11.5 Å². The number of ether oxygens (including phenoxy) is 2. The molecular formula is C27H33F4N8O9PS2. The first-order valence-electron chi connectivity index (χ1n) is 14.1. The fourth-order valence-electron chi connectivity index (χ4n) is 3.97. The van der Waals surface area contributed by atoms with Crippen molar-refractivity contribution < 1.29 is 59.7 Å². The highest BCUT2D eigenvalue weighted by Crippen LogP contribution is 2.51. The van der Waals surface area contributed by atoms with E-state index in [0.717, 1.165) is 23.5 Å². The number of nitrogens with two attached hydrogens (primary N) is 2. The lowest BCUT2D eigenvalue weighted by atomic mass is 10.1. The molecule has 280 valence electrons. The van der Waals surface area contributed by atoms with Gasteiger partial charge in [0.15, 0.2) is 23.4 Å². The van der Waals surface area contributed by atoms with Gasteiger partial charge >= 0.3 is 19.7 Å². The van der Waals surface area contributed by atoms with Crippen LogP contribution in [0, 0.1) is 34.9 Å². The molecule has 3 rings (SSSR count). The van der Waals surface area contributed by atoms with Crippen molar-refractivity contribution in [1.29, 1.82) is 16.1 Å². The molecule has 0 aliphatic rings. The molecule has 0 aliphatic heterocycles. The van der Waals surface area contributed by atoms with Gasteiger partial charge in [-0.15, -0.1) is 11.3 Å². The first-order chi connectivity index (χ1) is 23.6. The number of benzene rings is 2. The number of alkyl halides is 3. The van der Waals surface area contributed by atoms with E-state index >= 15 is 0 Å². The summed E-state index contributed by atoms with van der Waals surface area (Å²) >= 11 is 0.833. The Labute approximate surface area is 291 Å². The fraction of sp³-hybridized carbons (Fsp3) is 0.333. The smallest absolute Gasteiger partial charge is 0.490 e. The quantitative estimate of drug-likeness (QED) is 0.0348. The van der Waals surface area contributed by atoms with Crippen LogP contribution in [0.1, 0.15) is 35.3 Å². The Morgan fingerprint density at radius 1 is 1.06 bits per heavy atom. The third kappa shape index (κ3) is 12.8. The summed E-state index contributed by atoms with van der Waals surface area (Å²) in [5.41, 5.74) is 10.1. The number of carbonyl (C=O) groups is 1. The van der Waals surface area contributed by atoms with Crippen molar-refractivity contribution in [3.8, 4) is 17.6 Å². The lowest BCUT2D eigenvalue weighted by Crippen LogP contribution is -2.31. The molecule has 0 saturated carbocycles. The second-order valence-corrected chi connectivity index (χ2v) is 14.8. The Morgan fingerprint density at radius 2 is 1.57 bits per heavy atom. The summed E-state index contributed by atoms with van der Waals surface area (Å²) in [7, 11) is -9.78. The minimum absolute atomic E-state index is 0.184. The average Bonchev–Trinajstić information content (AvgIpc) is 3.34. The molecule has 17 nitrogen and oxygen atoms in total. The van der Waals surface area contributed by atoms with Gasteiger partial charge in [-0.1, -0.05) is 6.07 Å². The zero-order chi connectivity index (χ0) is 38.7. The molecule has 2 aromatic carbocycles. The predicted octanol–water partition coefficient (Wildman–Crippen LogP) is 2.51. The molecular weight excluding hydrogens is 751 g/mol. The maximum Gasteiger partial charge on any atom is 0.490 e. The Bertz CT molecular complexity index is 1950. The normalized spacial score (nSPS) is 12.2.